The van der Waals surface area contributed by atoms with Gasteiger partial charge < -0.3 is 15.0 Å². The molecule has 2 N–H and O–H groups in total. The Balaban J connectivity index is 2.64. The number of rotatable bonds is 1. The van der Waals surface area contributed by atoms with Crippen LogP contribution in [0.25, 0.3) is 11.0 Å². The van der Waals surface area contributed by atoms with Gasteiger partial charge in [0.2, 0.25) is 0 Å². The van der Waals surface area contributed by atoms with Gasteiger partial charge in [-0.05, 0) is 12.1 Å². The van der Waals surface area contributed by atoms with E-state index in [1.165, 1.54) is 7.11 Å². The summed E-state index contributed by atoms with van der Waals surface area (Å²) in [5, 5.41) is 4.20. The Hall–Kier alpha value is -2.04. The summed E-state index contributed by atoms with van der Waals surface area (Å²) in [7, 11) is 1.29. The van der Waals surface area contributed by atoms with E-state index < -0.39 is 5.97 Å². The van der Waals surface area contributed by atoms with Crippen molar-refractivity contribution in [3.63, 3.8) is 0 Å². The van der Waals surface area contributed by atoms with E-state index >= 15 is 0 Å². The molecule has 0 aliphatic rings. The van der Waals surface area contributed by atoms with Crippen LogP contribution in [0.3, 0.4) is 0 Å². The number of hydrogen-bond donors (Lipinski definition) is 1. The molecule has 0 fully saturated rings. The van der Waals surface area contributed by atoms with Crippen LogP contribution in [0.4, 0.5) is 5.69 Å². The van der Waals surface area contributed by atoms with Gasteiger partial charge in [0.05, 0.1) is 12.5 Å². The SMILES string of the molecule is COC(=O)c1noc2cc(N)ccc12. The van der Waals surface area contributed by atoms with Gasteiger partial charge in [-0.3, -0.25) is 0 Å². The molecule has 0 saturated heterocycles. The van der Waals surface area contributed by atoms with Crippen LogP contribution in [-0.2, 0) is 4.74 Å². The van der Waals surface area contributed by atoms with Gasteiger partial charge in [-0.2, -0.15) is 0 Å². The second-order valence-electron chi connectivity index (χ2n) is 2.78. The number of methoxy groups -OCH3 is 1. The molecule has 0 aliphatic heterocycles. The highest BCUT2D eigenvalue weighted by atomic mass is 16.5. The second kappa shape index (κ2) is 3.02. The van der Waals surface area contributed by atoms with E-state index in [2.05, 4.69) is 9.89 Å². The minimum atomic E-state index is -0.520. The summed E-state index contributed by atoms with van der Waals surface area (Å²) in [5.74, 6) is -0.520. The number of benzene rings is 1. The number of ether oxygens (including phenoxy) is 1. The van der Waals surface area contributed by atoms with Gasteiger partial charge in [0.15, 0.2) is 11.3 Å². The average Bonchev–Trinajstić information content (AvgIpc) is 2.59. The number of nitrogens with zero attached hydrogens (tertiary/aromatic N) is 1. The number of fused-ring (bicyclic) bond motifs is 1. The summed E-state index contributed by atoms with van der Waals surface area (Å²) in [6.45, 7) is 0. The zero-order valence-electron chi connectivity index (χ0n) is 7.48. The number of anilines is 1. The lowest BCUT2D eigenvalue weighted by Crippen LogP contribution is -2.01. The minimum absolute atomic E-state index is 0.169. The molecule has 0 unspecified atom stereocenters. The van der Waals surface area contributed by atoms with Crippen molar-refractivity contribution in [2.45, 2.75) is 0 Å². The Morgan fingerprint density at radius 2 is 2.36 bits per heavy atom. The summed E-state index contributed by atoms with van der Waals surface area (Å²) in [5.41, 5.74) is 6.74. The number of esters is 1. The van der Waals surface area contributed by atoms with Crippen molar-refractivity contribution < 1.29 is 14.1 Å². The van der Waals surface area contributed by atoms with Crippen LogP contribution in [0.5, 0.6) is 0 Å². The van der Waals surface area contributed by atoms with Crippen molar-refractivity contribution >= 4 is 22.6 Å². The standard InChI is InChI=1S/C9H8N2O3/c1-13-9(12)8-6-3-2-5(10)4-7(6)14-11-8/h2-4H,10H2,1H3. The van der Waals surface area contributed by atoms with Crippen LogP contribution in [0.1, 0.15) is 10.5 Å². The van der Waals surface area contributed by atoms with Gasteiger partial charge in [-0.25, -0.2) is 4.79 Å². The lowest BCUT2D eigenvalue weighted by Gasteiger charge is -1.93. The highest BCUT2D eigenvalue weighted by Crippen LogP contribution is 2.21. The minimum Gasteiger partial charge on any atom is -0.464 e. The van der Waals surface area contributed by atoms with Crippen LogP contribution < -0.4 is 5.73 Å². The maximum absolute atomic E-state index is 11.2. The summed E-state index contributed by atoms with van der Waals surface area (Å²) in [6, 6.07) is 4.95. The van der Waals surface area contributed by atoms with Crippen LogP contribution in [0, 0.1) is 0 Å². The number of aromatic nitrogens is 1. The predicted octanol–water partition coefficient (Wildman–Crippen LogP) is 1.20. The fourth-order valence-electron chi connectivity index (χ4n) is 1.20. The molecular weight excluding hydrogens is 184 g/mol. The Labute approximate surface area is 79.4 Å². The maximum atomic E-state index is 11.2. The van der Waals surface area contributed by atoms with Gasteiger partial charge in [0.25, 0.3) is 0 Å². The molecule has 0 saturated carbocycles. The van der Waals surface area contributed by atoms with Gasteiger partial charge in [0.1, 0.15) is 0 Å². The van der Waals surface area contributed by atoms with Crippen LogP contribution in [0.2, 0.25) is 0 Å². The second-order valence-corrected chi connectivity index (χ2v) is 2.78. The van der Waals surface area contributed by atoms with E-state index in [1.54, 1.807) is 18.2 Å². The van der Waals surface area contributed by atoms with E-state index in [-0.39, 0.29) is 5.69 Å². The number of hydrogen-bond acceptors (Lipinski definition) is 5. The molecule has 72 valence electrons. The normalized spacial score (nSPS) is 10.4. The van der Waals surface area contributed by atoms with Crippen LogP contribution in [0.15, 0.2) is 22.7 Å². The number of nitrogens with two attached hydrogens (primary N) is 1. The van der Waals surface area contributed by atoms with Crippen molar-refractivity contribution in [3.8, 4) is 0 Å². The molecule has 2 aromatic rings. The quantitative estimate of drug-likeness (QED) is 0.542. The molecule has 0 amide bonds. The van der Waals surface area contributed by atoms with E-state index in [0.29, 0.717) is 16.7 Å². The van der Waals surface area contributed by atoms with E-state index in [0.717, 1.165) is 0 Å². The molecule has 1 heterocycles. The van der Waals surface area contributed by atoms with Crippen LogP contribution in [-0.4, -0.2) is 18.2 Å². The van der Waals surface area contributed by atoms with Crippen molar-refractivity contribution in [2.24, 2.45) is 0 Å². The molecule has 0 bridgehead atoms. The van der Waals surface area contributed by atoms with E-state index in [4.69, 9.17) is 10.3 Å². The largest absolute Gasteiger partial charge is 0.464 e. The smallest absolute Gasteiger partial charge is 0.360 e. The molecule has 5 nitrogen and oxygen atoms in total. The molecule has 1 aromatic carbocycles. The highest BCUT2D eigenvalue weighted by Gasteiger charge is 2.15. The summed E-state index contributed by atoms with van der Waals surface area (Å²) < 4.78 is 9.46. The van der Waals surface area contributed by atoms with Gasteiger partial charge >= 0.3 is 5.97 Å². The maximum Gasteiger partial charge on any atom is 0.360 e. The summed E-state index contributed by atoms with van der Waals surface area (Å²) in [4.78, 5) is 11.2. The fraction of sp³-hybridized carbons (Fsp3) is 0.111. The lowest BCUT2D eigenvalue weighted by atomic mass is 10.2. The monoisotopic (exact) mass is 192 g/mol. The van der Waals surface area contributed by atoms with Crippen molar-refractivity contribution in [1.82, 2.24) is 5.16 Å². The Morgan fingerprint density at radius 1 is 1.57 bits per heavy atom. The Kier molecular flexibility index (Phi) is 1.85. The van der Waals surface area contributed by atoms with Crippen molar-refractivity contribution in [1.29, 1.82) is 0 Å². The third-order valence-electron chi connectivity index (χ3n) is 1.87. The molecular formula is C9H8N2O3. The predicted molar refractivity (Wildman–Crippen MR) is 49.8 cm³/mol. The summed E-state index contributed by atoms with van der Waals surface area (Å²) in [6.07, 6.45) is 0. The molecule has 1 aromatic heterocycles. The number of carbonyl (C=O) groups excluding carboxylic acids is 1. The molecule has 0 radical (unpaired) electrons. The Bertz CT molecular complexity index is 490. The highest BCUT2D eigenvalue weighted by molar-refractivity contribution is 6.01. The first-order valence-electron chi connectivity index (χ1n) is 3.95. The van der Waals surface area contributed by atoms with Gasteiger partial charge in [-0.1, -0.05) is 5.16 Å². The van der Waals surface area contributed by atoms with E-state index in [9.17, 15) is 4.79 Å². The lowest BCUT2D eigenvalue weighted by molar-refractivity contribution is 0.0591. The van der Waals surface area contributed by atoms with Crippen molar-refractivity contribution in [2.75, 3.05) is 12.8 Å². The zero-order valence-corrected chi connectivity index (χ0v) is 7.48. The molecule has 0 atom stereocenters. The van der Waals surface area contributed by atoms with E-state index in [1.807, 2.05) is 0 Å². The topological polar surface area (TPSA) is 78.3 Å². The van der Waals surface area contributed by atoms with Gasteiger partial charge in [0, 0.05) is 11.8 Å². The molecule has 0 spiro atoms. The van der Waals surface area contributed by atoms with Crippen LogP contribution >= 0.6 is 0 Å². The Morgan fingerprint density at radius 3 is 3.07 bits per heavy atom. The molecule has 14 heavy (non-hydrogen) atoms. The molecule has 2 rings (SSSR count). The first-order chi connectivity index (χ1) is 6.72. The first-order valence-corrected chi connectivity index (χ1v) is 3.95. The molecule has 0 aliphatic carbocycles. The van der Waals surface area contributed by atoms with Crippen molar-refractivity contribution in [3.05, 3.63) is 23.9 Å². The molecule has 5 heteroatoms. The summed E-state index contributed by atoms with van der Waals surface area (Å²) >= 11 is 0. The first kappa shape index (κ1) is 8.55. The third kappa shape index (κ3) is 1.19. The third-order valence-corrected chi connectivity index (χ3v) is 1.87. The number of carbonyl (C=O) groups is 1. The fourth-order valence-corrected chi connectivity index (χ4v) is 1.20. The average molecular weight is 192 g/mol. The number of nitrogen functional groups attached to an aromatic ring is 1. The zero-order chi connectivity index (χ0) is 10.1. The van der Waals surface area contributed by atoms with Gasteiger partial charge in [-0.15, -0.1) is 0 Å².